The average molecular weight is 231 g/mol. The molecule has 1 aliphatic rings. The number of aliphatic hydroxyl groups excluding tert-OH is 1. The monoisotopic (exact) mass is 231 g/mol. The lowest BCUT2D eigenvalue weighted by Gasteiger charge is -2.23. The van der Waals surface area contributed by atoms with Crippen molar-refractivity contribution in [3.63, 3.8) is 0 Å². The highest BCUT2D eigenvalue weighted by Gasteiger charge is 2.43. The SMILES string of the molecule is C[C@H](NC(=O)OC(C)(C)C)[C@@H](O)[C@@H]1O[C@H]1C. The Kier molecular flexibility index (Phi) is 3.80. The Morgan fingerprint density at radius 3 is 2.38 bits per heavy atom. The molecule has 94 valence electrons. The van der Waals surface area contributed by atoms with Gasteiger partial charge in [-0.15, -0.1) is 0 Å². The molecule has 5 nitrogen and oxygen atoms in total. The Balaban J connectivity index is 2.33. The lowest BCUT2D eigenvalue weighted by molar-refractivity contribution is 0.0406. The summed E-state index contributed by atoms with van der Waals surface area (Å²) in [7, 11) is 0. The molecule has 16 heavy (non-hydrogen) atoms. The summed E-state index contributed by atoms with van der Waals surface area (Å²) in [6, 6.07) is -0.384. The molecule has 0 radical (unpaired) electrons. The number of hydrogen-bond acceptors (Lipinski definition) is 4. The fourth-order valence-electron chi connectivity index (χ4n) is 1.42. The van der Waals surface area contributed by atoms with Gasteiger partial charge in [-0.3, -0.25) is 0 Å². The molecule has 0 saturated carbocycles. The predicted molar refractivity (Wildman–Crippen MR) is 59.2 cm³/mol. The molecule has 0 aromatic carbocycles. The Labute approximate surface area is 96.1 Å². The van der Waals surface area contributed by atoms with Crippen molar-refractivity contribution in [1.29, 1.82) is 0 Å². The zero-order chi connectivity index (χ0) is 12.5. The molecular weight excluding hydrogens is 210 g/mol. The van der Waals surface area contributed by atoms with Gasteiger partial charge in [0, 0.05) is 0 Å². The highest BCUT2D eigenvalue weighted by molar-refractivity contribution is 5.68. The third kappa shape index (κ3) is 3.98. The van der Waals surface area contributed by atoms with Gasteiger partial charge in [0.25, 0.3) is 0 Å². The fourth-order valence-corrected chi connectivity index (χ4v) is 1.42. The number of nitrogens with one attached hydrogen (secondary N) is 1. The second-order valence-corrected chi connectivity index (χ2v) is 5.23. The topological polar surface area (TPSA) is 71.1 Å². The summed E-state index contributed by atoms with van der Waals surface area (Å²) in [5.41, 5.74) is -0.530. The third-order valence-electron chi connectivity index (χ3n) is 2.35. The Morgan fingerprint density at radius 1 is 1.50 bits per heavy atom. The van der Waals surface area contributed by atoms with E-state index in [1.54, 1.807) is 27.7 Å². The smallest absolute Gasteiger partial charge is 0.407 e. The van der Waals surface area contributed by atoms with Crippen molar-refractivity contribution in [2.75, 3.05) is 0 Å². The van der Waals surface area contributed by atoms with Gasteiger partial charge < -0.3 is 19.9 Å². The summed E-state index contributed by atoms with van der Waals surface area (Å²) in [5, 5.41) is 12.4. The normalized spacial score (nSPS) is 28.1. The van der Waals surface area contributed by atoms with Crippen LogP contribution in [0.4, 0.5) is 4.79 Å². The van der Waals surface area contributed by atoms with Crippen LogP contribution >= 0.6 is 0 Å². The van der Waals surface area contributed by atoms with Crippen molar-refractivity contribution in [1.82, 2.24) is 5.32 Å². The van der Waals surface area contributed by atoms with Crippen LogP contribution in [0.5, 0.6) is 0 Å². The van der Waals surface area contributed by atoms with E-state index < -0.39 is 17.8 Å². The van der Waals surface area contributed by atoms with Crippen molar-refractivity contribution in [2.45, 2.75) is 64.6 Å². The van der Waals surface area contributed by atoms with E-state index in [1.165, 1.54) is 0 Å². The van der Waals surface area contributed by atoms with Crippen LogP contribution in [0.3, 0.4) is 0 Å². The molecule has 4 atom stereocenters. The molecule has 1 aliphatic heterocycles. The van der Waals surface area contributed by atoms with E-state index >= 15 is 0 Å². The zero-order valence-electron chi connectivity index (χ0n) is 10.5. The van der Waals surface area contributed by atoms with E-state index in [9.17, 15) is 9.90 Å². The molecule has 1 rings (SSSR count). The van der Waals surface area contributed by atoms with Crippen LogP contribution < -0.4 is 5.32 Å². The zero-order valence-corrected chi connectivity index (χ0v) is 10.5. The summed E-state index contributed by atoms with van der Waals surface area (Å²) in [6.07, 6.45) is -1.32. The Morgan fingerprint density at radius 2 is 2.00 bits per heavy atom. The maximum absolute atomic E-state index is 11.4. The number of epoxide rings is 1. The van der Waals surface area contributed by atoms with Gasteiger partial charge in [-0.1, -0.05) is 0 Å². The summed E-state index contributed by atoms with van der Waals surface area (Å²) < 4.78 is 10.2. The minimum absolute atomic E-state index is 0.0675. The van der Waals surface area contributed by atoms with E-state index in [0.717, 1.165) is 0 Å². The maximum atomic E-state index is 11.4. The van der Waals surface area contributed by atoms with E-state index in [0.29, 0.717) is 0 Å². The summed E-state index contributed by atoms with van der Waals surface area (Å²) in [5.74, 6) is 0. The number of aliphatic hydroxyl groups is 1. The van der Waals surface area contributed by atoms with Crippen LogP contribution in [-0.2, 0) is 9.47 Å². The Hall–Kier alpha value is -0.810. The first kappa shape index (κ1) is 13.3. The van der Waals surface area contributed by atoms with E-state index in [1.807, 2.05) is 6.92 Å². The van der Waals surface area contributed by atoms with Crippen molar-refractivity contribution < 1.29 is 19.4 Å². The molecule has 0 unspecified atom stereocenters. The van der Waals surface area contributed by atoms with Gasteiger partial charge in [-0.2, -0.15) is 0 Å². The lowest BCUT2D eigenvalue weighted by Crippen LogP contribution is -2.45. The highest BCUT2D eigenvalue weighted by atomic mass is 16.6. The highest BCUT2D eigenvalue weighted by Crippen LogP contribution is 2.26. The van der Waals surface area contributed by atoms with E-state index in [2.05, 4.69) is 5.32 Å². The molecule has 5 heteroatoms. The number of ether oxygens (including phenoxy) is 2. The maximum Gasteiger partial charge on any atom is 0.407 e. The summed E-state index contributed by atoms with van der Waals surface area (Å²) in [6.45, 7) is 8.98. The molecular formula is C11H21NO4. The molecule has 1 amide bonds. The van der Waals surface area contributed by atoms with Crippen LogP contribution in [0.25, 0.3) is 0 Å². The van der Waals surface area contributed by atoms with Crippen molar-refractivity contribution in [3.8, 4) is 0 Å². The summed E-state index contributed by atoms with van der Waals surface area (Å²) in [4.78, 5) is 11.4. The number of hydrogen-bond donors (Lipinski definition) is 2. The number of carbonyl (C=O) groups is 1. The molecule has 1 heterocycles. The van der Waals surface area contributed by atoms with Gasteiger partial charge in [-0.05, 0) is 34.6 Å². The van der Waals surface area contributed by atoms with Crippen molar-refractivity contribution >= 4 is 6.09 Å². The van der Waals surface area contributed by atoms with Crippen LogP contribution in [0.1, 0.15) is 34.6 Å². The van der Waals surface area contributed by atoms with Crippen LogP contribution in [0.15, 0.2) is 0 Å². The molecule has 0 spiro atoms. The second kappa shape index (κ2) is 4.59. The number of carbonyl (C=O) groups excluding carboxylic acids is 1. The minimum atomic E-state index is -0.692. The van der Waals surface area contributed by atoms with Gasteiger partial charge in [0.15, 0.2) is 0 Å². The van der Waals surface area contributed by atoms with Crippen LogP contribution in [0, 0.1) is 0 Å². The second-order valence-electron chi connectivity index (χ2n) is 5.23. The molecule has 0 bridgehead atoms. The quantitative estimate of drug-likeness (QED) is 0.712. The van der Waals surface area contributed by atoms with Gasteiger partial charge in [0.05, 0.1) is 12.1 Å². The molecule has 0 aromatic heterocycles. The first-order valence-electron chi connectivity index (χ1n) is 5.54. The van der Waals surface area contributed by atoms with Crippen LogP contribution in [-0.4, -0.2) is 41.2 Å². The lowest BCUT2D eigenvalue weighted by atomic mass is 10.1. The van der Waals surface area contributed by atoms with E-state index in [-0.39, 0.29) is 18.2 Å². The first-order chi connectivity index (χ1) is 7.20. The van der Waals surface area contributed by atoms with E-state index in [4.69, 9.17) is 9.47 Å². The van der Waals surface area contributed by atoms with Gasteiger partial charge in [0.2, 0.25) is 0 Å². The minimum Gasteiger partial charge on any atom is -0.444 e. The average Bonchev–Trinajstić information content (AvgIpc) is 2.77. The first-order valence-corrected chi connectivity index (χ1v) is 5.54. The fraction of sp³-hybridized carbons (Fsp3) is 0.909. The molecule has 1 saturated heterocycles. The number of amides is 1. The molecule has 0 aromatic rings. The largest absolute Gasteiger partial charge is 0.444 e. The van der Waals surface area contributed by atoms with Crippen molar-refractivity contribution in [3.05, 3.63) is 0 Å². The molecule has 0 aliphatic carbocycles. The standard InChI is InChI=1S/C11H21NO4/c1-6(8(13)9-7(2)15-9)12-10(14)16-11(3,4)5/h6-9,13H,1-5H3,(H,12,14)/t6-,7-,8+,9+/m0/s1. The summed E-state index contributed by atoms with van der Waals surface area (Å²) >= 11 is 0. The third-order valence-corrected chi connectivity index (χ3v) is 2.35. The molecule has 2 N–H and O–H groups in total. The van der Waals surface area contributed by atoms with Crippen molar-refractivity contribution in [2.24, 2.45) is 0 Å². The Bertz CT molecular complexity index is 261. The van der Waals surface area contributed by atoms with Gasteiger partial charge >= 0.3 is 6.09 Å². The van der Waals surface area contributed by atoms with Crippen LogP contribution in [0.2, 0.25) is 0 Å². The molecule has 1 fully saturated rings. The number of alkyl carbamates (subject to hydrolysis) is 1. The van der Waals surface area contributed by atoms with Gasteiger partial charge in [0.1, 0.15) is 17.8 Å². The van der Waals surface area contributed by atoms with Gasteiger partial charge in [-0.25, -0.2) is 4.79 Å². The number of rotatable bonds is 3. The predicted octanol–water partition coefficient (Wildman–Crippen LogP) is 1.05.